The summed E-state index contributed by atoms with van der Waals surface area (Å²) >= 11 is 6.37. The molecular formula is C29H29ClN6O3S. The number of sulfonamides is 1. The van der Waals surface area contributed by atoms with Gasteiger partial charge >= 0.3 is 0 Å². The molecule has 2 aromatic carbocycles. The average Bonchev–Trinajstić information content (AvgIpc) is 3.61. The van der Waals surface area contributed by atoms with Gasteiger partial charge in [-0.3, -0.25) is 9.36 Å². The monoisotopic (exact) mass is 576 g/mol. The van der Waals surface area contributed by atoms with Crippen LogP contribution in [-0.2, 0) is 26.8 Å². The summed E-state index contributed by atoms with van der Waals surface area (Å²) in [5.74, 6) is -0.0126. The molecule has 0 N–H and O–H groups in total. The van der Waals surface area contributed by atoms with E-state index in [9.17, 15) is 13.2 Å². The first-order valence-electron chi connectivity index (χ1n) is 13.2. The molecular weight excluding hydrogens is 548 g/mol. The lowest BCUT2D eigenvalue weighted by Crippen LogP contribution is -2.43. The summed E-state index contributed by atoms with van der Waals surface area (Å²) in [6.07, 6.45) is 8.19. The fourth-order valence-corrected chi connectivity index (χ4v) is 8.01. The molecule has 40 heavy (non-hydrogen) atoms. The summed E-state index contributed by atoms with van der Waals surface area (Å²) in [6.45, 7) is 6.03. The maximum absolute atomic E-state index is 14.3. The number of aryl methyl sites for hydroxylation is 1. The second kappa shape index (κ2) is 9.79. The molecule has 6 rings (SSSR count). The van der Waals surface area contributed by atoms with Crippen molar-refractivity contribution in [3.05, 3.63) is 83.5 Å². The van der Waals surface area contributed by atoms with Gasteiger partial charge in [0, 0.05) is 42.0 Å². The lowest BCUT2D eigenvalue weighted by atomic mass is 9.91. The third kappa shape index (κ3) is 4.31. The minimum absolute atomic E-state index is 0.0198. The summed E-state index contributed by atoms with van der Waals surface area (Å²) in [4.78, 5) is 28.5. The molecule has 0 aliphatic carbocycles. The van der Waals surface area contributed by atoms with E-state index in [0.717, 1.165) is 35.1 Å². The van der Waals surface area contributed by atoms with Crippen LogP contribution >= 0.6 is 11.6 Å². The molecule has 2 aromatic heterocycles. The van der Waals surface area contributed by atoms with Gasteiger partial charge in [-0.1, -0.05) is 35.9 Å². The van der Waals surface area contributed by atoms with Crippen LogP contribution < -0.4 is 4.90 Å². The molecule has 206 valence electrons. The zero-order chi connectivity index (χ0) is 28.2. The van der Waals surface area contributed by atoms with Crippen LogP contribution in [0.25, 0.3) is 11.1 Å². The molecule has 4 aromatic rings. The van der Waals surface area contributed by atoms with Crippen molar-refractivity contribution in [1.82, 2.24) is 23.8 Å². The van der Waals surface area contributed by atoms with Gasteiger partial charge in [0.1, 0.15) is 11.9 Å². The van der Waals surface area contributed by atoms with Gasteiger partial charge in [-0.2, -0.15) is 4.31 Å². The van der Waals surface area contributed by atoms with E-state index in [1.54, 1.807) is 36.0 Å². The lowest BCUT2D eigenvalue weighted by Gasteiger charge is -2.28. The minimum atomic E-state index is -3.91. The van der Waals surface area contributed by atoms with Gasteiger partial charge in [-0.25, -0.2) is 28.3 Å². The Labute approximate surface area is 238 Å². The highest BCUT2D eigenvalue weighted by Crippen LogP contribution is 2.45. The molecule has 2 aliphatic heterocycles. The summed E-state index contributed by atoms with van der Waals surface area (Å²) in [5, 5.41) is 0.500. The quantitative estimate of drug-likeness (QED) is 0.316. The number of hydrogen-bond donors (Lipinski definition) is 0. The Kier molecular flexibility index (Phi) is 6.52. The molecule has 0 radical (unpaired) electrons. The zero-order valence-corrected chi connectivity index (χ0v) is 24.0. The molecule has 0 saturated carbocycles. The van der Waals surface area contributed by atoms with Gasteiger partial charge in [-0.15, -0.1) is 0 Å². The maximum atomic E-state index is 14.3. The van der Waals surface area contributed by atoms with Gasteiger partial charge in [0.05, 0.1) is 11.9 Å². The normalized spacial score (nSPS) is 21.2. The molecule has 1 saturated heterocycles. The van der Waals surface area contributed by atoms with Crippen LogP contribution in [0.1, 0.15) is 37.8 Å². The Morgan fingerprint density at radius 3 is 2.42 bits per heavy atom. The predicted molar refractivity (Wildman–Crippen MR) is 153 cm³/mol. The van der Waals surface area contributed by atoms with E-state index < -0.39 is 15.6 Å². The Bertz CT molecular complexity index is 1690. The minimum Gasteiger partial charge on any atom is -0.284 e. The number of carbonyl (C=O) groups is 1. The molecule has 0 spiro atoms. The number of halogens is 1. The van der Waals surface area contributed by atoms with Crippen molar-refractivity contribution in [3.63, 3.8) is 0 Å². The number of hydrogen-bond acceptors (Lipinski definition) is 6. The zero-order valence-electron chi connectivity index (χ0n) is 22.5. The highest BCUT2D eigenvalue weighted by atomic mass is 35.5. The summed E-state index contributed by atoms with van der Waals surface area (Å²) in [5.41, 5.74) is 2.86. The standard InChI is InChI=1S/C29H29ClN6O3S/c1-19-11-24(30)13-25(12-19)35-27(37)29(3,14-21-6-8-22(9-7-21)23-15-31-18-32-16-23)36-26(17-33-28(35)36)40(38,39)34-10-4-5-20(34)2/h6-9,11-13,15-18,20H,4-5,10,14H2,1-3H3/t20?,29-/m1/s1. The van der Waals surface area contributed by atoms with Gasteiger partial charge in [-0.05, 0) is 68.5 Å². The Morgan fingerprint density at radius 1 is 1.05 bits per heavy atom. The van der Waals surface area contributed by atoms with Crippen molar-refractivity contribution < 1.29 is 13.2 Å². The first-order chi connectivity index (χ1) is 19.1. The number of anilines is 2. The first kappa shape index (κ1) is 26.6. The molecule has 1 fully saturated rings. The molecule has 11 heteroatoms. The van der Waals surface area contributed by atoms with E-state index in [2.05, 4.69) is 15.0 Å². The van der Waals surface area contributed by atoms with Crippen LogP contribution in [-0.4, -0.2) is 50.7 Å². The van der Waals surface area contributed by atoms with E-state index in [1.165, 1.54) is 21.7 Å². The Morgan fingerprint density at radius 2 is 1.77 bits per heavy atom. The summed E-state index contributed by atoms with van der Waals surface area (Å²) in [7, 11) is -3.91. The third-order valence-electron chi connectivity index (χ3n) is 7.81. The largest absolute Gasteiger partial charge is 0.284 e. The number of carbonyl (C=O) groups excluding carboxylic acids is 1. The molecule has 4 heterocycles. The first-order valence-corrected chi connectivity index (χ1v) is 15.0. The van der Waals surface area contributed by atoms with Crippen molar-refractivity contribution in [3.8, 4) is 11.1 Å². The van der Waals surface area contributed by atoms with Crippen LogP contribution in [0.15, 0.2) is 72.4 Å². The van der Waals surface area contributed by atoms with E-state index >= 15 is 0 Å². The molecule has 9 nitrogen and oxygen atoms in total. The number of rotatable bonds is 6. The topological polar surface area (TPSA) is 101 Å². The number of fused-ring (bicyclic) bond motifs is 1. The Hall–Kier alpha value is -3.60. The van der Waals surface area contributed by atoms with Gasteiger partial charge in [0.15, 0.2) is 5.03 Å². The second-order valence-corrected chi connectivity index (χ2v) is 13.0. The number of aromatic nitrogens is 4. The molecule has 1 unspecified atom stereocenters. The number of imidazole rings is 1. The summed E-state index contributed by atoms with van der Waals surface area (Å²) < 4.78 is 31.1. The SMILES string of the molecule is Cc1cc(Cl)cc(N2C(=O)[C@@](C)(Cc3ccc(-c4cncnc4)cc3)n3c(S(=O)(=O)N4CCCC4C)cnc32)c1. The molecule has 2 atom stereocenters. The number of nitrogens with zero attached hydrogens (tertiary/aromatic N) is 6. The van der Waals surface area contributed by atoms with E-state index in [0.29, 0.717) is 17.3 Å². The van der Waals surface area contributed by atoms with Gasteiger partial charge in [0.25, 0.3) is 15.9 Å². The van der Waals surface area contributed by atoms with Gasteiger partial charge < -0.3 is 0 Å². The fourth-order valence-electron chi connectivity index (χ4n) is 5.84. The molecule has 0 bridgehead atoms. The van der Waals surface area contributed by atoms with Crippen molar-refractivity contribution in [2.45, 2.75) is 56.6 Å². The molecule has 1 amide bonds. The van der Waals surface area contributed by atoms with Crippen LogP contribution in [0.5, 0.6) is 0 Å². The highest BCUT2D eigenvalue weighted by molar-refractivity contribution is 7.89. The van der Waals surface area contributed by atoms with E-state index in [1.807, 2.05) is 44.2 Å². The molecule has 2 aliphatic rings. The summed E-state index contributed by atoms with van der Waals surface area (Å²) in [6, 6.07) is 13.0. The van der Waals surface area contributed by atoms with Crippen molar-refractivity contribution in [2.75, 3.05) is 11.4 Å². The number of benzene rings is 2. The fraction of sp³-hybridized carbons (Fsp3) is 0.310. The van der Waals surface area contributed by atoms with Crippen molar-refractivity contribution in [1.29, 1.82) is 0 Å². The van der Waals surface area contributed by atoms with Gasteiger partial charge in [0.2, 0.25) is 5.95 Å². The van der Waals surface area contributed by atoms with Crippen molar-refractivity contribution in [2.24, 2.45) is 0 Å². The average molecular weight is 577 g/mol. The predicted octanol–water partition coefficient (Wildman–Crippen LogP) is 5.11. The van der Waals surface area contributed by atoms with E-state index in [4.69, 9.17) is 11.6 Å². The van der Waals surface area contributed by atoms with Crippen LogP contribution in [0.2, 0.25) is 5.02 Å². The van der Waals surface area contributed by atoms with Crippen LogP contribution in [0, 0.1) is 6.92 Å². The second-order valence-electron chi connectivity index (χ2n) is 10.7. The van der Waals surface area contributed by atoms with Crippen LogP contribution in [0.4, 0.5) is 11.6 Å². The van der Waals surface area contributed by atoms with Crippen LogP contribution in [0.3, 0.4) is 0 Å². The lowest BCUT2D eigenvalue weighted by molar-refractivity contribution is -0.124. The van der Waals surface area contributed by atoms with Crippen molar-refractivity contribution >= 4 is 39.2 Å². The smallest absolute Gasteiger partial charge is 0.260 e. The third-order valence-corrected chi connectivity index (χ3v) is 10.0. The Balaban J connectivity index is 1.47. The van der Waals surface area contributed by atoms with E-state index in [-0.39, 0.29) is 29.3 Å². The maximum Gasteiger partial charge on any atom is 0.260 e. The highest BCUT2D eigenvalue weighted by Gasteiger charge is 2.52. The number of amides is 1.